The number of phenolic OH excluding ortho intramolecular Hbond substituents is 4. The van der Waals surface area contributed by atoms with Crippen molar-refractivity contribution in [2.75, 3.05) is 7.11 Å². The molecule has 2 aromatic carbocycles. The lowest BCUT2D eigenvalue weighted by Gasteiger charge is -2.24. The van der Waals surface area contributed by atoms with Gasteiger partial charge < -0.3 is 34.3 Å². The molecule has 148 valence electrons. The second kappa shape index (κ2) is 6.92. The van der Waals surface area contributed by atoms with Crippen LogP contribution in [-0.2, 0) is 9.47 Å². The smallest absolute Gasteiger partial charge is 0.344 e. The Kier molecular flexibility index (Phi) is 4.40. The molecule has 0 amide bonds. The molecule has 0 saturated carbocycles. The molecule has 0 bridgehead atoms. The zero-order valence-corrected chi connectivity index (χ0v) is 15.1. The van der Waals surface area contributed by atoms with Gasteiger partial charge in [0.05, 0.1) is 10.9 Å². The third-order valence-electron chi connectivity index (χ3n) is 4.50. The Hall–Kier alpha value is -3.91. The van der Waals surface area contributed by atoms with Crippen LogP contribution in [0.3, 0.4) is 0 Å². The van der Waals surface area contributed by atoms with E-state index in [1.165, 1.54) is 31.4 Å². The molecule has 2 heterocycles. The summed E-state index contributed by atoms with van der Waals surface area (Å²) in [4.78, 5) is 12.3. The highest BCUT2D eigenvalue weighted by Crippen LogP contribution is 2.39. The maximum Gasteiger partial charge on any atom is 0.344 e. The van der Waals surface area contributed by atoms with E-state index in [-0.39, 0.29) is 28.4 Å². The molecule has 1 unspecified atom stereocenters. The third kappa shape index (κ3) is 3.26. The zero-order valence-electron chi connectivity index (χ0n) is 15.1. The number of allylic oxidation sites excluding steroid dienone is 1. The lowest BCUT2D eigenvalue weighted by molar-refractivity contribution is -0.0958. The summed E-state index contributed by atoms with van der Waals surface area (Å²) in [5, 5.41) is 38.9. The molecule has 8 nitrogen and oxygen atoms in total. The van der Waals surface area contributed by atoms with E-state index in [0.29, 0.717) is 22.3 Å². The molecule has 4 rings (SSSR count). The van der Waals surface area contributed by atoms with E-state index in [2.05, 4.69) is 0 Å². The van der Waals surface area contributed by atoms with Crippen LogP contribution in [0.5, 0.6) is 23.0 Å². The fraction of sp³-hybridized carbons (Fsp3) is 0.0952. The SMILES string of the molecule is COC1OC(/C=C/c2ccc(O)c(O)c2)=Cc2oc(=O)c3cc(O)c(O)cc3c21. The molecule has 29 heavy (non-hydrogen) atoms. The molecule has 0 fully saturated rings. The van der Waals surface area contributed by atoms with Crippen molar-refractivity contribution in [2.45, 2.75) is 6.29 Å². The van der Waals surface area contributed by atoms with Crippen LogP contribution >= 0.6 is 0 Å². The molecule has 3 aromatic rings. The predicted octanol–water partition coefficient (Wildman–Crippen LogP) is 3.34. The maximum absolute atomic E-state index is 12.3. The molecular weight excluding hydrogens is 380 g/mol. The van der Waals surface area contributed by atoms with E-state index in [9.17, 15) is 25.2 Å². The summed E-state index contributed by atoms with van der Waals surface area (Å²) in [6.07, 6.45) is 3.77. The minimum atomic E-state index is -0.932. The summed E-state index contributed by atoms with van der Waals surface area (Å²) in [6, 6.07) is 6.70. The van der Waals surface area contributed by atoms with Gasteiger partial charge in [-0.15, -0.1) is 0 Å². The minimum absolute atomic E-state index is 0.0802. The van der Waals surface area contributed by atoms with E-state index >= 15 is 0 Å². The van der Waals surface area contributed by atoms with E-state index in [4.69, 9.17) is 13.9 Å². The Balaban J connectivity index is 1.82. The highest BCUT2D eigenvalue weighted by Gasteiger charge is 2.28. The standard InChI is InChI=1S/C21H16O8/c1-27-21-19-12-8-16(24)17(25)9-13(12)20(26)29-18(19)7-11(28-21)4-2-10-3-5-14(22)15(23)6-10/h2-9,21-25H,1H3/b4-2+. The third-order valence-corrected chi connectivity index (χ3v) is 4.50. The lowest BCUT2D eigenvalue weighted by Crippen LogP contribution is -2.15. The lowest BCUT2D eigenvalue weighted by atomic mass is 10.0. The molecule has 1 aliphatic rings. The van der Waals surface area contributed by atoms with Crippen LogP contribution < -0.4 is 5.63 Å². The van der Waals surface area contributed by atoms with Gasteiger partial charge in [0.25, 0.3) is 0 Å². The summed E-state index contributed by atoms with van der Waals surface area (Å²) in [5.74, 6) is -0.798. The molecule has 1 atom stereocenters. The second-order valence-corrected chi connectivity index (χ2v) is 6.37. The molecule has 1 aliphatic heterocycles. The number of rotatable bonds is 3. The van der Waals surface area contributed by atoms with Crippen LogP contribution in [0.25, 0.3) is 22.9 Å². The Morgan fingerprint density at radius 2 is 1.62 bits per heavy atom. The van der Waals surface area contributed by atoms with Crippen LogP contribution in [0.2, 0.25) is 0 Å². The number of fused-ring (bicyclic) bond motifs is 3. The van der Waals surface area contributed by atoms with Crippen molar-refractivity contribution in [3.63, 3.8) is 0 Å². The first kappa shape index (κ1) is 18.5. The summed E-state index contributed by atoms with van der Waals surface area (Å²) >= 11 is 0. The topological polar surface area (TPSA) is 130 Å². The quantitative estimate of drug-likeness (QED) is 0.496. The Morgan fingerprint density at radius 1 is 0.931 bits per heavy atom. The van der Waals surface area contributed by atoms with Crippen molar-refractivity contribution in [2.24, 2.45) is 0 Å². The predicted molar refractivity (Wildman–Crippen MR) is 103 cm³/mol. The fourth-order valence-electron chi connectivity index (χ4n) is 3.08. The molecule has 0 aliphatic carbocycles. The Morgan fingerprint density at radius 3 is 2.31 bits per heavy atom. The van der Waals surface area contributed by atoms with Gasteiger partial charge in [-0.2, -0.15) is 0 Å². The number of hydrogen-bond acceptors (Lipinski definition) is 8. The van der Waals surface area contributed by atoms with Crippen molar-refractivity contribution in [3.05, 3.63) is 69.5 Å². The number of ether oxygens (including phenoxy) is 2. The molecule has 0 radical (unpaired) electrons. The van der Waals surface area contributed by atoms with Crippen LogP contribution in [0.1, 0.15) is 23.2 Å². The largest absolute Gasteiger partial charge is 0.504 e. The minimum Gasteiger partial charge on any atom is -0.504 e. The van der Waals surface area contributed by atoms with Gasteiger partial charge in [-0.3, -0.25) is 0 Å². The first-order valence-corrected chi connectivity index (χ1v) is 8.51. The normalized spacial score (nSPS) is 15.9. The van der Waals surface area contributed by atoms with E-state index < -0.39 is 17.7 Å². The van der Waals surface area contributed by atoms with Gasteiger partial charge in [0.1, 0.15) is 11.5 Å². The molecule has 4 N–H and O–H groups in total. The van der Waals surface area contributed by atoms with Crippen LogP contribution in [-0.4, -0.2) is 27.5 Å². The maximum atomic E-state index is 12.3. The molecular formula is C21H16O8. The van der Waals surface area contributed by atoms with E-state index in [1.54, 1.807) is 18.2 Å². The van der Waals surface area contributed by atoms with Crippen molar-refractivity contribution in [1.29, 1.82) is 0 Å². The van der Waals surface area contributed by atoms with Gasteiger partial charge in [0.2, 0.25) is 6.29 Å². The number of aromatic hydroxyl groups is 4. The monoisotopic (exact) mass is 396 g/mol. The van der Waals surface area contributed by atoms with E-state index in [1.807, 2.05) is 0 Å². The summed E-state index contributed by atoms with van der Waals surface area (Å²) in [7, 11) is 1.41. The van der Waals surface area contributed by atoms with E-state index in [0.717, 1.165) is 6.07 Å². The number of benzene rings is 2. The van der Waals surface area contributed by atoms with Gasteiger partial charge in [0.15, 0.2) is 23.0 Å². The van der Waals surface area contributed by atoms with Crippen LogP contribution in [0.4, 0.5) is 0 Å². The summed E-state index contributed by atoms with van der Waals surface area (Å²) in [5.41, 5.74) is 0.315. The Bertz CT molecular complexity index is 1240. The second-order valence-electron chi connectivity index (χ2n) is 6.37. The van der Waals surface area contributed by atoms with Gasteiger partial charge >= 0.3 is 5.63 Å². The highest BCUT2D eigenvalue weighted by molar-refractivity contribution is 5.90. The molecule has 8 heteroatoms. The first-order chi connectivity index (χ1) is 13.9. The highest BCUT2D eigenvalue weighted by atomic mass is 16.7. The van der Waals surface area contributed by atoms with Crippen molar-refractivity contribution >= 4 is 22.9 Å². The number of hydrogen-bond donors (Lipinski definition) is 4. The van der Waals surface area contributed by atoms with Crippen LogP contribution in [0, 0.1) is 0 Å². The number of methoxy groups -OCH3 is 1. The van der Waals surface area contributed by atoms with Gasteiger partial charge in [0, 0.05) is 18.6 Å². The van der Waals surface area contributed by atoms with Crippen molar-refractivity contribution in [1.82, 2.24) is 0 Å². The van der Waals surface area contributed by atoms with Crippen molar-refractivity contribution < 1.29 is 34.3 Å². The van der Waals surface area contributed by atoms with Gasteiger partial charge in [-0.1, -0.05) is 12.1 Å². The molecule has 1 aromatic heterocycles. The Labute approximate surface area is 163 Å². The summed E-state index contributed by atoms with van der Waals surface area (Å²) < 4.78 is 16.5. The van der Waals surface area contributed by atoms with Crippen LogP contribution in [0.15, 0.2) is 51.4 Å². The molecule has 0 saturated heterocycles. The van der Waals surface area contributed by atoms with Gasteiger partial charge in [-0.25, -0.2) is 4.79 Å². The van der Waals surface area contributed by atoms with Crippen molar-refractivity contribution in [3.8, 4) is 23.0 Å². The summed E-state index contributed by atoms with van der Waals surface area (Å²) in [6.45, 7) is 0. The zero-order chi connectivity index (χ0) is 20.7. The average Bonchev–Trinajstić information content (AvgIpc) is 2.69. The van der Waals surface area contributed by atoms with Gasteiger partial charge in [-0.05, 0) is 35.9 Å². The molecule has 0 spiro atoms. The number of phenols is 4. The fourth-order valence-corrected chi connectivity index (χ4v) is 3.08. The first-order valence-electron chi connectivity index (χ1n) is 8.51. The average molecular weight is 396 g/mol.